The lowest BCUT2D eigenvalue weighted by atomic mass is 10.2. The number of nitrogens with zero attached hydrogens (tertiary/aromatic N) is 1. The average Bonchev–Trinajstić information content (AvgIpc) is 2.96. The zero-order valence-electron chi connectivity index (χ0n) is 12.4. The number of methoxy groups -OCH3 is 2. The lowest BCUT2D eigenvalue weighted by Gasteiger charge is -2.10. The Balaban J connectivity index is 2.17. The summed E-state index contributed by atoms with van der Waals surface area (Å²) in [5, 5.41) is 9.66. The summed E-state index contributed by atoms with van der Waals surface area (Å²) < 4.78 is 10.4. The number of aromatic nitrogens is 2. The first-order chi connectivity index (χ1) is 10.2. The fraction of sp³-hybridized carbons (Fsp3) is 0.333. The van der Waals surface area contributed by atoms with Crippen molar-refractivity contribution in [2.24, 2.45) is 0 Å². The number of rotatable bonds is 6. The molecule has 0 saturated carbocycles. The maximum absolute atomic E-state index is 12.2. The van der Waals surface area contributed by atoms with Crippen molar-refractivity contribution in [3.63, 3.8) is 0 Å². The quantitative estimate of drug-likeness (QED) is 0.857. The molecule has 1 heterocycles. The minimum atomic E-state index is -0.292. The van der Waals surface area contributed by atoms with Crippen molar-refractivity contribution < 1.29 is 14.3 Å². The highest BCUT2D eigenvalue weighted by atomic mass is 16.5. The van der Waals surface area contributed by atoms with Crippen LogP contribution in [0.4, 0.5) is 5.69 Å². The average molecular weight is 289 g/mol. The van der Waals surface area contributed by atoms with Crippen molar-refractivity contribution >= 4 is 11.6 Å². The number of amides is 1. The monoisotopic (exact) mass is 289 g/mol. The van der Waals surface area contributed by atoms with E-state index in [-0.39, 0.29) is 5.91 Å². The van der Waals surface area contributed by atoms with Crippen LogP contribution in [0.1, 0.15) is 29.5 Å². The number of aryl methyl sites for hydroxylation is 1. The lowest BCUT2D eigenvalue weighted by molar-refractivity contribution is 0.102. The highest BCUT2D eigenvalue weighted by Crippen LogP contribution is 2.29. The van der Waals surface area contributed by atoms with Crippen LogP contribution in [0.5, 0.6) is 11.5 Å². The highest BCUT2D eigenvalue weighted by molar-refractivity contribution is 6.03. The molecule has 21 heavy (non-hydrogen) atoms. The van der Waals surface area contributed by atoms with Gasteiger partial charge in [0.1, 0.15) is 11.5 Å². The largest absolute Gasteiger partial charge is 0.497 e. The van der Waals surface area contributed by atoms with E-state index in [1.54, 1.807) is 38.5 Å². The number of hydrogen-bond donors (Lipinski definition) is 2. The molecule has 2 N–H and O–H groups in total. The number of benzene rings is 1. The van der Waals surface area contributed by atoms with Gasteiger partial charge in [-0.1, -0.05) is 13.3 Å². The maximum Gasteiger partial charge on any atom is 0.276 e. The van der Waals surface area contributed by atoms with Crippen LogP contribution in [0.3, 0.4) is 0 Å². The number of ether oxygens (including phenoxy) is 2. The van der Waals surface area contributed by atoms with E-state index in [4.69, 9.17) is 9.47 Å². The minimum absolute atomic E-state index is 0.292. The summed E-state index contributed by atoms with van der Waals surface area (Å²) in [6, 6.07) is 6.96. The van der Waals surface area contributed by atoms with Crippen LogP contribution in [0.25, 0.3) is 0 Å². The second-order valence-electron chi connectivity index (χ2n) is 4.55. The molecule has 2 rings (SSSR count). The second-order valence-corrected chi connectivity index (χ2v) is 4.55. The van der Waals surface area contributed by atoms with Gasteiger partial charge in [-0.05, 0) is 24.6 Å². The number of carbonyl (C=O) groups excluding carboxylic acids is 1. The summed E-state index contributed by atoms with van der Waals surface area (Å²) in [5.41, 5.74) is 1.84. The molecule has 0 radical (unpaired) electrons. The Labute approximate surface area is 123 Å². The number of H-pyrrole nitrogens is 1. The van der Waals surface area contributed by atoms with E-state index in [9.17, 15) is 4.79 Å². The van der Waals surface area contributed by atoms with Gasteiger partial charge in [0.15, 0.2) is 5.69 Å². The van der Waals surface area contributed by atoms with E-state index >= 15 is 0 Å². The standard InChI is InChI=1S/C15H19N3O3/c1-4-5-10-8-13(18-17-10)15(19)16-12-9-11(20-2)6-7-14(12)21-3/h6-9H,4-5H2,1-3H3,(H,16,19)(H,17,18). The van der Waals surface area contributed by atoms with Crippen molar-refractivity contribution in [2.75, 3.05) is 19.5 Å². The molecule has 0 saturated heterocycles. The molecule has 0 atom stereocenters. The fourth-order valence-electron chi connectivity index (χ4n) is 1.97. The van der Waals surface area contributed by atoms with Crippen molar-refractivity contribution in [3.05, 3.63) is 35.7 Å². The van der Waals surface area contributed by atoms with Gasteiger partial charge in [-0.25, -0.2) is 0 Å². The first-order valence-electron chi connectivity index (χ1n) is 6.75. The third-order valence-electron chi connectivity index (χ3n) is 3.04. The molecule has 0 bridgehead atoms. The fourth-order valence-corrected chi connectivity index (χ4v) is 1.97. The molecule has 6 heteroatoms. The van der Waals surface area contributed by atoms with Crippen LogP contribution in [0, 0.1) is 0 Å². The van der Waals surface area contributed by atoms with Crippen LogP contribution in [0.15, 0.2) is 24.3 Å². The molecule has 112 valence electrons. The molecular formula is C15H19N3O3. The normalized spacial score (nSPS) is 10.2. The molecule has 6 nitrogen and oxygen atoms in total. The van der Waals surface area contributed by atoms with Gasteiger partial charge in [-0.2, -0.15) is 5.10 Å². The summed E-state index contributed by atoms with van der Waals surface area (Å²) in [7, 11) is 3.11. The van der Waals surface area contributed by atoms with Crippen LogP contribution in [0.2, 0.25) is 0 Å². The van der Waals surface area contributed by atoms with E-state index in [0.29, 0.717) is 22.9 Å². The van der Waals surface area contributed by atoms with Crippen molar-refractivity contribution in [1.82, 2.24) is 10.2 Å². The number of anilines is 1. The summed E-state index contributed by atoms with van der Waals surface area (Å²) in [4.78, 5) is 12.2. The molecule has 0 unspecified atom stereocenters. The number of carbonyl (C=O) groups is 1. The summed E-state index contributed by atoms with van der Waals surface area (Å²) in [6.45, 7) is 2.07. The van der Waals surface area contributed by atoms with Gasteiger partial charge in [0.25, 0.3) is 5.91 Å². The Morgan fingerprint density at radius 1 is 1.29 bits per heavy atom. The van der Waals surface area contributed by atoms with E-state index in [2.05, 4.69) is 22.4 Å². The molecule has 0 aliphatic heterocycles. The third-order valence-corrected chi connectivity index (χ3v) is 3.04. The number of nitrogens with one attached hydrogen (secondary N) is 2. The van der Waals surface area contributed by atoms with E-state index < -0.39 is 0 Å². The Morgan fingerprint density at radius 2 is 2.10 bits per heavy atom. The smallest absolute Gasteiger partial charge is 0.276 e. The van der Waals surface area contributed by atoms with E-state index in [1.165, 1.54) is 0 Å². The zero-order chi connectivity index (χ0) is 15.2. The van der Waals surface area contributed by atoms with Crippen molar-refractivity contribution in [3.8, 4) is 11.5 Å². The highest BCUT2D eigenvalue weighted by Gasteiger charge is 2.13. The van der Waals surface area contributed by atoms with Gasteiger partial charge >= 0.3 is 0 Å². The van der Waals surface area contributed by atoms with Crippen LogP contribution < -0.4 is 14.8 Å². The minimum Gasteiger partial charge on any atom is -0.497 e. The molecule has 0 aliphatic carbocycles. The van der Waals surface area contributed by atoms with Gasteiger partial charge in [0, 0.05) is 11.8 Å². The van der Waals surface area contributed by atoms with E-state index in [0.717, 1.165) is 18.5 Å². The second kappa shape index (κ2) is 6.78. The molecule has 2 aromatic rings. The zero-order valence-corrected chi connectivity index (χ0v) is 12.4. The molecule has 1 aromatic heterocycles. The molecule has 1 amide bonds. The van der Waals surface area contributed by atoms with Crippen molar-refractivity contribution in [1.29, 1.82) is 0 Å². The van der Waals surface area contributed by atoms with Gasteiger partial charge in [0.2, 0.25) is 0 Å². The Morgan fingerprint density at radius 3 is 2.76 bits per heavy atom. The van der Waals surface area contributed by atoms with Gasteiger partial charge < -0.3 is 14.8 Å². The molecule has 0 spiro atoms. The first kappa shape index (κ1) is 14.9. The summed E-state index contributed by atoms with van der Waals surface area (Å²) >= 11 is 0. The molecule has 1 aromatic carbocycles. The van der Waals surface area contributed by atoms with Gasteiger partial charge in [-0.3, -0.25) is 9.89 Å². The van der Waals surface area contributed by atoms with Gasteiger partial charge in [-0.15, -0.1) is 0 Å². The number of aromatic amines is 1. The molecular weight excluding hydrogens is 270 g/mol. The predicted octanol–water partition coefficient (Wildman–Crippen LogP) is 2.63. The maximum atomic E-state index is 12.2. The van der Waals surface area contributed by atoms with Crippen LogP contribution in [-0.2, 0) is 6.42 Å². The summed E-state index contributed by atoms with van der Waals surface area (Å²) in [6.07, 6.45) is 1.86. The van der Waals surface area contributed by atoms with Crippen LogP contribution >= 0.6 is 0 Å². The number of hydrogen-bond acceptors (Lipinski definition) is 4. The Hall–Kier alpha value is -2.50. The van der Waals surface area contributed by atoms with Crippen molar-refractivity contribution in [2.45, 2.75) is 19.8 Å². The molecule has 0 aliphatic rings. The summed E-state index contributed by atoms with van der Waals surface area (Å²) in [5.74, 6) is 0.911. The Bertz CT molecular complexity index is 622. The predicted molar refractivity (Wildman–Crippen MR) is 80.1 cm³/mol. The first-order valence-corrected chi connectivity index (χ1v) is 6.75. The molecule has 0 fully saturated rings. The Kier molecular flexibility index (Phi) is 4.81. The van der Waals surface area contributed by atoms with Gasteiger partial charge in [0.05, 0.1) is 19.9 Å². The topological polar surface area (TPSA) is 76.2 Å². The van der Waals surface area contributed by atoms with E-state index in [1.807, 2.05) is 0 Å². The third kappa shape index (κ3) is 3.53. The van der Waals surface area contributed by atoms with Crippen LogP contribution in [-0.4, -0.2) is 30.3 Å². The lowest BCUT2D eigenvalue weighted by Crippen LogP contribution is -2.13. The SMILES string of the molecule is CCCc1cc(C(=O)Nc2cc(OC)ccc2OC)n[nH]1.